The molecule has 0 spiro atoms. The molecule has 24 heavy (non-hydrogen) atoms. The maximum atomic E-state index is 12.7. The number of benzene rings is 1. The van der Waals surface area contributed by atoms with Crippen molar-refractivity contribution in [1.29, 1.82) is 0 Å². The van der Waals surface area contributed by atoms with Gasteiger partial charge < -0.3 is 4.90 Å². The maximum absolute atomic E-state index is 12.7. The fraction of sp³-hybridized carbons (Fsp3) is 0.588. The smallest absolute Gasteiger partial charge is 0.255 e. The van der Waals surface area contributed by atoms with Gasteiger partial charge in [-0.2, -0.15) is 0 Å². The molecular formula is C17H26N2O3S2. The molecule has 1 N–H and O–H groups in total. The largest absolute Gasteiger partial charge is 0.339 e. The van der Waals surface area contributed by atoms with Gasteiger partial charge in [-0.25, -0.2) is 13.1 Å². The van der Waals surface area contributed by atoms with Crippen LogP contribution in [0.15, 0.2) is 28.0 Å². The molecule has 0 unspecified atom stereocenters. The number of thioether (sulfide) groups is 1. The van der Waals surface area contributed by atoms with E-state index in [1.165, 1.54) is 17.8 Å². The Hall–Kier alpha value is -1.05. The summed E-state index contributed by atoms with van der Waals surface area (Å²) in [7, 11) is -3.62. The van der Waals surface area contributed by atoms with Crippen LogP contribution in [0.1, 0.15) is 49.9 Å². The van der Waals surface area contributed by atoms with Crippen molar-refractivity contribution in [1.82, 2.24) is 9.62 Å². The molecule has 0 saturated carbocycles. The topological polar surface area (TPSA) is 66.5 Å². The second-order valence-electron chi connectivity index (χ2n) is 6.17. The van der Waals surface area contributed by atoms with Crippen molar-refractivity contribution >= 4 is 27.7 Å². The van der Waals surface area contributed by atoms with Crippen molar-refractivity contribution in [2.45, 2.75) is 55.4 Å². The summed E-state index contributed by atoms with van der Waals surface area (Å²) < 4.78 is 27.8. The van der Waals surface area contributed by atoms with Gasteiger partial charge in [0.15, 0.2) is 0 Å². The normalized spacial score (nSPS) is 16.4. The number of carbonyl (C=O) groups is 1. The lowest BCUT2D eigenvalue weighted by molar-refractivity contribution is 0.0789. The van der Waals surface area contributed by atoms with Gasteiger partial charge in [-0.3, -0.25) is 4.79 Å². The fourth-order valence-corrected chi connectivity index (χ4v) is 4.81. The van der Waals surface area contributed by atoms with Crippen molar-refractivity contribution in [2.24, 2.45) is 0 Å². The van der Waals surface area contributed by atoms with Crippen LogP contribution in [0.2, 0.25) is 0 Å². The highest BCUT2D eigenvalue weighted by atomic mass is 32.2. The quantitative estimate of drug-likeness (QED) is 0.749. The van der Waals surface area contributed by atoms with E-state index in [1.807, 2.05) is 20.1 Å². The molecule has 1 heterocycles. The van der Waals surface area contributed by atoms with Crippen LogP contribution >= 0.6 is 11.8 Å². The predicted octanol–water partition coefficient (Wildman–Crippen LogP) is 3.11. The van der Waals surface area contributed by atoms with E-state index in [-0.39, 0.29) is 16.8 Å². The average molecular weight is 371 g/mol. The Labute approximate surface area is 149 Å². The van der Waals surface area contributed by atoms with Crippen LogP contribution in [-0.4, -0.2) is 44.6 Å². The van der Waals surface area contributed by atoms with Crippen LogP contribution in [0, 0.1) is 0 Å². The highest BCUT2D eigenvalue weighted by molar-refractivity contribution is 7.98. The van der Waals surface area contributed by atoms with Crippen LogP contribution in [-0.2, 0) is 10.0 Å². The molecular weight excluding hydrogens is 344 g/mol. The molecule has 1 amide bonds. The molecule has 1 aromatic rings. The minimum Gasteiger partial charge on any atom is -0.339 e. The number of likely N-dealkylation sites (tertiary alicyclic amines) is 1. The minimum absolute atomic E-state index is 0.0736. The van der Waals surface area contributed by atoms with Crippen LogP contribution < -0.4 is 4.72 Å². The Morgan fingerprint density at radius 3 is 2.58 bits per heavy atom. The first kappa shape index (κ1) is 19.3. The highest BCUT2D eigenvalue weighted by Gasteiger charge is 2.25. The van der Waals surface area contributed by atoms with Crippen molar-refractivity contribution in [3.63, 3.8) is 0 Å². The second kappa shape index (κ2) is 8.36. The van der Waals surface area contributed by atoms with Crippen molar-refractivity contribution in [3.05, 3.63) is 23.8 Å². The zero-order valence-corrected chi connectivity index (χ0v) is 16.2. The van der Waals surface area contributed by atoms with Crippen LogP contribution in [0.4, 0.5) is 0 Å². The van der Waals surface area contributed by atoms with Gasteiger partial charge in [0.2, 0.25) is 10.0 Å². The zero-order valence-electron chi connectivity index (χ0n) is 14.5. The van der Waals surface area contributed by atoms with Gasteiger partial charge in [0.1, 0.15) is 0 Å². The SMILES string of the molecule is CCC[C@@H](C)NS(=O)(=O)c1ccc(SC)c(C(=O)N2CCCC2)c1. The Kier molecular flexibility index (Phi) is 6.71. The molecule has 1 fully saturated rings. The van der Waals surface area contributed by atoms with Crippen LogP contribution in [0.25, 0.3) is 0 Å². The maximum Gasteiger partial charge on any atom is 0.255 e. The molecule has 2 rings (SSSR count). The number of hydrogen-bond donors (Lipinski definition) is 1. The molecule has 0 aliphatic carbocycles. The first-order valence-corrected chi connectivity index (χ1v) is 11.1. The number of nitrogens with zero attached hydrogens (tertiary/aromatic N) is 1. The van der Waals surface area contributed by atoms with E-state index in [0.29, 0.717) is 5.56 Å². The summed E-state index contributed by atoms with van der Waals surface area (Å²) in [5.41, 5.74) is 0.482. The summed E-state index contributed by atoms with van der Waals surface area (Å²) in [6.45, 7) is 5.36. The second-order valence-corrected chi connectivity index (χ2v) is 8.73. The standard InChI is InChI=1S/C17H26N2O3S2/c1-4-7-13(2)18-24(21,22)14-8-9-16(23-3)15(12-14)17(20)19-10-5-6-11-19/h8-9,12-13,18H,4-7,10-11H2,1-3H3/t13-/m1/s1. The molecule has 134 valence electrons. The lowest BCUT2D eigenvalue weighted by atomic mass is 10.2. The van der Waals surface area contributed by atoms with Gasteiger partial charge in [-0.15, -0.1) is 11.8 Å². The van der Waals surface area contributed by atoms with Gasteiger partial charge in [0.05, 0.1) is 10.5 Å². The number of hydrogen-bond acceptors (Lipinski definition) is 4. The zero-order chi connectivity index (χ0) is 17.7. The molecule has 1 aliphatic heterocycles. The Balaban J connectivity index is 2.32. The van der Waals surface area contributed by atoms with Gasteiger partial charge >= 0.3 is 0 Å². The number of sulfonamides is 1. The number of amides is 1. The molecule has 1 saturated heterocycles. The van der Waals surface area contributed by atoms with E-state index in [2.05, 4.69) is 4.72 Å². The molecule has 1 atom stereocenters. The van der Waals surface area contributed by atoms with Crippen molar-refractivity contribution in [2.75, 3.05) is 19.3 Å². The molecule has 5 nitrogen and oxygen atoms in total. The van der Waals surface area contributed by atoms with Crippen molar-refractivity contribution < 1.29 is 13.2 Å². The predicted molar refractivity (Wildman–Crippen MR) is 98.1 cm³/mol. The summed E-state index contributed by atoms with van der Waals surface area (Å²) in [6.07, 6.45) is 5.60. The molecule has 0 radical (unpaired) electrons. The lowest BCUT2D eigenvalue weighted by Gasteiger charge is -2.18. The molecule has 0 bridgehead atoms. The Morgan fingerprint density at radius 2 is 2.00 bits per heavy atom. The summed E-state index contributed by atoms with van der Waals surface area (Å²) in [6, 6.07) is 4.70. The number of nitrogens with one attached hydrogen (secondary N) is 1. The van der Waals surface area contributed by atoms with Gasteiger partial charge in [0, 0.05) is 24.0 Å². The molecule has 7 heteroatoms. The van der Waals surface area contributed by atoms with E-state index in [0.717, 1.165) is 43.7 Å². The van der Waals surface area contributed by atoms with E-state index >= 15 is 0 Å². The summed E-state index contributed by atoms with van der Waals surface area (Å²) in [5.74, 6) is -0.0736. The Morgan fingerprint density at radius 1 is 1.33 bits per heavy atom. The monoisotopic (exact) mass is 370 g/mol. The first-order valence-electron chi connectivity index (χ1n) is 8.38. The van der Waals surface area contributed by atoms with Gasteiger partial charge in [-0.05, 0) is 50.6 Å². The van der Waals surface area contributed by atoms with Crippen LogP contribution in [0.3, 0.4) is 0 Å². The van der Waals surface area contributed by atoms with E-state index < -0.39 is 10.0 Å². The Bertz CT molecular complexity index is 683. The van der Waals surface area contributed by atoms with Crippen molar-refractivity contribution in [3.8, 4) is 0 Å². The summed E-state index contributed by atoms with van der Waals surface area (Å²) in [5, 5.41) is 0. The number of carbonyl (C=O) groups excluding carboxylic acids is 1. The molecule has 1 aliphatic rings. The van der Waals surface area contributed by atoms with Gasteiger partial charge in [-0.1, -0.05) is 13.3 Å². The molecule has 0 aromatic heterocycles. The minimum atomic E-state index is -3.62. The third-order valence-electron chi connectivity index (χ3n) is 4.18. The fourth-order valence-electron chi connectivity index (χ4n) is 2.94. The lowest BCUT2D eigenvalue weighted by Crippen LogP contribution is -2.33. The summed E-state index contributed by atoms with van der Waals surface area (Å²) in [4.78, 5) is 15.5. The number of rotatable bonds is 7. The molecule has 1 aromatic carbocycles. The average Bonchev–Trinajstić information content (AvgIpc) is 3.07. The highest BCUT2D eigenvalue weighted by Crippen LogP contribution is 2.26. The first-order chi connectivity index (χ1) is 11.4. The third-order valence-corrected chi connectivity index (χ3v) is 6.57. The van der Waals surface area contributed by atoms with Crippen LogP contribution in [0.5, 0.6) is 0 Å². The van der Waals surface area contributed by atoms with Gasteiger partial charge in [0.25, 0.3) is 5.91 Å². The summed E-state index contributed by atoms with van der Waals surface area (Å²) >= 11 is 1.46. The van der Waals surface area contributed by atoms with E-state index in [4.69, 9.17) is 0 Å². The van der Waals surface area contributed by atoms with E-state index in [9.17, 15) is 13.2 Å². The third kappa shape index (κ3) is 4.52. The van der Waals surface area contributed by atoms with E-state index in [1.54, 1.807) is 17.0 Å².